The van der Waals surface area contributed by atoms with Crippen LogP contribution in [0.2, 0.25) is 0 Å². The SMILES string of the molecule is CC1(C)CCN(C2(C)CC=C(C3CCC3)CC2)CC1. The Kier molecular flexibility index (Phi) is 3.53. The molecule has 0 bridgehead atoms. The molecule has 1 unspecified atom stereocenters. The van der Waals surface area contributed by atoms with Crippen molar-refractivity contribution in [1.82, 2.24) is 4.90 Å². The van der Waals surface area contributed by atoms with Crippen molar-refractivity contribution < 1.29 is 0 Å². The van der Waals surface area contributed by atoms with Gasteiger partial charge in [-0.05, 0) is 76.3 Å². The van der Waals surface area contributed by atoms with Gasteiger partial charge in [0.25, 0.3) is 0 Å². The van der Waals surface area contributed by atoms with Gasteiger partial charge in [0.2, 0.25) is 0 Å². The second kappa shape index (κ2) is 4.91. The molecule has 2 fully saturated rings. The van der Waals surface area contributed by atoms with E-state index in [9.17, 15) is 0 Å². The number of allylic oxidation sites excluding steroid dienone is 1. The lowest BCUT2D eigenvalue weighted by Crippen LogP contribution is -2.52. The molecule has 0 radical (unpaired) electrons. The Labute approximate surface area is 119 Å². The molecule has 1 nitrogen and oxygen atoms in total. The normalized spacial score (nSPS) is 36.7. The quantitative estimate of drug-likeness (QED) is 0.647. The summed E-state index contributed by atoms with van der Waals surface area (Å²) in [4.78, 5) is 2.80. The van der Waals surface area contributed by atoms with E-state index in [0.29, 0.717) is 11.0 Å². The largest absolute Gasteiger partial charge is 0.298 e. The van der Waals surface area contributed by atoms with Crippen LogP contribution in [0.25, 0.3) is 0 Å². The summed E-state index contributed by atoms with van der Waals surface area (Å²) in [6, 6.07) is 0. The zero-order valence-corrected chi connectivity index (χ0v) is 13.2. The summed E-state index contributed by atoms with van der Waals surface area (Å²) in [5, 5.41) is 0. The number of hydrogen-bond acceptors (Lipinski definition) is 1. The van der Waals surface area contributed by atoms with Crippen molar-refractivity contribution in [3.05, 3.63) is 11.6 Å². The lowest BCUT2D eigenvalue weighted by atomic mass is 9.71. The smallest absolute Gasteiger partial charge is 0.0218 e. The molecule has 0 amide bonds. The van der Waals surface area contributed by atoms with E-state index in [0.717, 1.165) is 5.92 Å². The minimum atomic E-state index is 0.462. The molecule has 1 heteroatoms. The summed E-state index contributed by atoms with van der Waals surface area (Å²) < 4.78 is 0. The molecule has 1 saturated carbocycles. The molecule has 0 aromatic carbocycles. The number of hydrogen-bond donors (Lipinski definition) is 0. The maximum atomic E-state index is 2.80. The minimum absolute atomic E-state index is 0.462. The van der Waals surface area contributed by atoms with Crippen LogP contribution in [0.3, 0.4) is 0 Å². The molecule has 2 aliphatic carbocycles. The van der Waals surface area contributed by atoms with E-state index in [4.69, 9.17) is 0 Å². The zero-order chi connectivity index (χ0) is 13.5. The van der Waals surface area contributed by atoms with Crippen LogP contribution < -0.4 is 0 Å². The van der Waals surface area contributed by atoms with Gasteiger partial charge in [0.05, 0.1) is 0 Å². The highest BCUT2D eigenvalue weighted by Crippen LogP contribution is 2.43. The maximum absolute atomic E-state index is 2.80. The Balaban J connectivity index is 1.60. The van der Waals surface area contributed by atoms with E-state index in [1.165, 1.54) is 64.5 Å². The summed E-state index contributed by atoms with van der Waals surface area (Å²) in [6.45, 7) is 10.0. The summed E-state index contributed by atoms with van der Waals surface area (Å²) in [7, 11) is 0. The number of piperidine rings is 1. The maximum Gasteiger partial charge on any atom is 0.0218 e. The highest BCUT2D eigenvalue weighted by atomic mass is 15.2. The van der Waals surface area contributed by atoms with E-state index in [1.807, 2.05) is 0 Å². The van der Waals surface area contributed by atoms with Crippen LogP contribution in [0.15, 0.2) is 11.6 Å². The summed E-state index contributed by atoms with van der Waals surface area (Å²) in [6.07, 6.45) is 13.9. The predicted molar refractivity (Wildman–Crippen MR) is 82.3 cm³/mol. The van der Waals surface area contributed by atoms with Crippen LogP contribution in [0.4, 0.5) is 0 Å². The Morgan fingerprint density at radius 3 is 2.21 bits per heavy atom. The van der Waals surface area contributed by atoms with E-state index in [-0.39, 0.29) is 0 Å². The fourth-order valence-electron chi connectivity index (χ4n) is 4.06. The summed E-state index contributed by atoms with van der Waals surface area (Å²) in [5.41, 5.74) is 2.85. The van der Waals surface area contributed by atoms with Gasteiger partial charge in [0.1, 0.15) is 0 Å². The van der Waals surface area contributed by atoms with E-state index < -0.39 is 0 Å². The Morgan fingerprint density at radius 2 is 1.74 bits per heavy atom. The molecule has 19 heavy (non-hydrogen) atoms. The van der Waals surface area contributed by atoms with Crippen LogP contribution >= 0.6 is 0 Å². The topological polar surface area (TPSA) is 3.24 Å². The molecule has 3 rings (SSSR count). The van der Waals surface area contributed by atoms with Gasteiger partial charge in [-0.15, -0.1) is 0 Å². The molecule has 3 aliphatic rings. The molecule has 1 heterocycles. The van der Waals surface area contributed by atoms with Crippen LogP contribution in [0.1, 0.15) is 72.1 Å². The fraction of sp³-hybridized carbons (Fsp3) is 0.889. The first-order valence-electron chi connectivity index (χ1n) is 8.43. The second-order valence-electron chi connectivity index (χ2n) is 8.26. The van der Waals surface area contributed by atoms with Crippen LogP contribution in [0.5, 0.6) is 0 Å². The van der Waals surface area contributed by atoms with Crippen LogP contribution in [-0.2, 0) is 0 Å². The number of rotatable bonds is 2. The molecule has 1 atom stereocenters. The van der Waals surface area contributed by atoms with Gasteiger partial charge < -0.3 is 0 Å². The first-order chi connectivity index (χ1) is 8.99. The van der Waals surface area contributed by atoms with Crippen molar-refractivity contribution in [1.29, 1.82) is 0 Å². The predicted octanol–water partition coefficient (Wildman–Crippen LogP) is 4.78. The Bertz CT molecular complexity index is 354. The third kappa shape index (κ3) is 2.77. The molecule has 1 saturated heterocycles. The zero-order valence-electron chi connectivity index (χ0n) is 13.2. The highest BCUT2D eigenvalue weighted by molar-refractivity contribution is 5.17. The van der Waals surface area contributed by atoms with Crippen LogP contribution in [0, 0.1) is 11.3 Å². The summed E-state index contributed by atoms with van der Waals surface area (Å²) >= 11 is 0. The van der Waals surface area contributed by atoms with Gasteiger partial charge in [-0.3, -0.25) is 4.90 Å². The van der Waals surface area contributed by atoms with Gasteiger partial charge in [0, 0.05) is 5.54 Å². The Hall–Kier alpha value is -0.300. The fourth-order valence-corrected chi connectivity index (χ4v) is 4.06. The molecule has 0 spiro atoms. The first kappa shape index (κ1) is 13.7. The molecule has 0 N–H and O–H groups in total. The average molecular weight is 261 g/mol. The first-order valence-corrected chi connectivity index (χ1v) is 8.43. The van der Waals surface area contributed by atoms with Crippen molar-refractivity contribution in [2.24, 2.45) is 11.3 Å². The van der Waals surface area contributed by atoms with Crippen molar-refractivity contribution in [2.45, 2.75) is 77.7 Å². The third-order valence-electron chi connectivity index (χ3n) is 6.27. The van der Waals surface area contributed by atoms with Gasteiger partial charge in [0.15, 0.2) is 0 Å². The van der Waals surface area contributed by atoms with E-state index >= 15 is 0 Å². The molecular formula is C18H31N. The number of nitrogens with zero attached hydrogens (tertiary/aromatic N) is 1. The van der Waals surface area contributed by atoms with Crippen molar-refractivity contribution in [3.8, 4) is 0 Å². The monoisotopic (exact) mass is 261 g/mol. The van der Waals surface area contributed by atoms with Crippen molar-refractivity contribution >= 4 is 0 Å². The van der Waals surface area contributed by atoms with Crippen molar-refractivity contribution in [2.75, 3.05) is 13.1 Å². The van der Waals surface area contributed by atoms with Gasteiger partial charge in [-0.2, -0.15) is 0 Å². The molecule has 0 aromatic heterocycles. The lowest BCUT2D eigenvalue weighted by molar-refractivity contribution is 0.0306. The minimum Gasteiger partial charge on any atom is -0.298 e. The van der Waals surface area contributed by atoms with Crippen LogP contribution in [-0.4, -0.2) is 23.5 Å². The highest BCUT2D eigenvalue weighted by Gasteiger charge is 2.38. The Morgan fingerprint density at radius 1 is 1.05 bits per heavy atom. The van der Waals surface area contributed by atoms with Gasteiger partial charge in [-0.1, -0.05) is 31.9 Å². The van der Waals surface area contributed by atoms with Crippen molar-refractivity contribution in [3.63, 3.8) is 0 Å². The average Bonchev–Trinajstić information content (AvgIpc) is 2.30. The van der Waals surface area contributed by atoms with E-state index in [1.54, 1.807) is 5.57 Å². The third-order valence-corrected chi connectivity index (χ3v) is 6.27. The van der Waals surface area contributed by atoms with Gasteiger partial charge >= 0.3 is 0 Å². The lowest BCUT2D eigenvalue weighted by Gasteiger charge is -2.49. The molecular weight excluding hydrogens is 230 g/mol. The molecule has 0 aromatic rings. The molecule has 1 aliphatic heterocycles. The summed E-state index contributed by atoms with van der Waals surface area (Å²) in [5.74, 6) is 0.977. The second-order valence-corrected chi connectivity index (χ2v) is 8.26. The van der Waals surface area contributed by atoms with Gasteiger partial charge in [-0.25, -0.2) is 0 Å². The standard InChI is InChI=1S/C18H31N/c1-17(2)11-13-19(14-12-17)18(3)9-7-16(8-10-18)15-5-4-6-15/h7,15H,4-6,8-14H2,1-3H3. The van der Waals surface area contributed by atoms with E-state index in [2.05, 4.69) is 31.7 Å². The number of likely N-dealkylation sites (tertiary alicyclic amines) is 1. The molecule has 108 valence electrons.